The third-order valence-corrected chi connectivity index (χ3v) is 5.28. The highest BCUT2D eigenvalue weighted by Gasteiger charge is 2.25. The van der Waals surface area contributed by atoms with Crippen LogP contribution in [0, 0.1) is 5.92 Å². The van der Waals surface area contributed by atoms with Crippen LogP contribution in [0.3, 0.4) is 0 Å². The highest BCUT2D eigenvalue weighted by atomic mass is 32.2. The van der Waals surface area contributed by atoms with E-state index in [9.17, 15) is 27.6 Å². The maximum Gasteiger partial charge on any atom is 0.408 e. The average Bonchev–Trinajstić information content (AvgIpc) is 2.70. The fourth-order valence-corrected chi connectivity index (χ4v) is 3.37. The molecule has 0 aliphatic rings. The fraction of sp³-hybridized carbons (Fsp3) is 0.583. The number of sulfone groups is 1. The van der Waals surface area contributed by atoms with Crippen LogP contribution in [0.4, 0.5) is 10.5 Å². The van der Waals surface area contributed by atoms with Crippen molar-refractivity contribution in [1.29, 1.82) is 0 Å². The van der Waals surface area contributed by atoms with Crippen molar-refractivity contribution in [1.82, 2.24) is 15.2 Å². The van der Waals surface area contributed by atoms with E-state index in [0.29, 0.717) is 12.5 Å². The summed E-state index contributed by atoms with van der Waals surface area (Å²) in [5, 5.41) is 8.79. The molecule has 0 aliphatic heterocycles. The zero-order valence-corrected chi connectivity index (χ0v) is 22.6. The SMILES string of the molecule is CC(C)CCNC(=O)Cn1cccc(NC(=O)C(CC/C=C/S(C)(=O)=O)OC(=O)NC(C)(C)C)c1=O. The summed E-state index contributed by atoms with van der Waals surface area (Å²) in [6, 6.07) is 2.89. The van der Waals surface area contributed by atoms with Gasteiger partial charge in [0.1, 0.15) is 12.2 Å². The molecule has 0 aliphatic carbocycles. The van der Waals surface area contributed by atoms with Gasteiger partial charge in [-0.15, -0.1) is 0 Å². The van der Waals surface area contributed by atoms with Crippen molar-refractivity contribution >= 4 is 33.4 Å². The van der Waals surface area contributed by atoms with Crippen molar-refractivity contribution in [2.45, 2.75) is 72.1 Å². The van der Waals surface area contributed by atoms with Gasteiger partial charge < -0.3 is 25.3 Å². The van der Waals surface area contributed by atoms with Gasteiger partial charge in [0.2, 0.25) is 5.91 Å². The van der Waals surface area contributed by atoms with Crippen molar-refractivity contribution in [2.75, 3.05) is 18.1 Å². The van der Waals surface area contributed by atoms with E-state index in [1.54, 1.807) is 20.8 Å². The largest absolute Gasteiger partial charge is 0.436 e. The highest BCUT2D eigenvalue weighted by molar-refractivity contribution is 7.93. The molecule has 202 valence electrons. The first kappa shape index (κ1) is 30.9. The smallest absolute Gasteiger partial charge is 0.408 e. The van der Waals surface area contributed by atoms with Crippen LogP contribution in [0.25, 0.3) is 0 Å². The monoisotopic (exact) mass is 526 g/mol. The number of aromatic nitrogens is 1. The van der Waals surface area contributed by atoms with Crippen LogP contribution in [-0.2, 0) is 30.7 Å². The molecule has 0 radical (unpaired) electrons. The Bertz CT molecular complexity index is 1100. The van der Waals surface area contributed by atoms with E-state index >= 15 is 0 Å². The minimum atomic E-state index is -3.35. The van der Waals surface area contributed by atoms with E-state index in [1.807, 2.05) is 13.8 Å². The molecule has 1 rings (SSSR count). The standard InChI is InChI=1S/C24H38N4O7S/c1-17(2)12-13-25-20(29)16-28-14-9-10-18(22(28)31)26-21(30)19(11-7-8-15-36(6,33)34)35-23(32)27-24(3,4)5/h8-10,14-15,17,19H,7,11-13,16H2,1-6H3,(H,25,29)(H,26,30)(H,27,32)/b15-8+. The summed E-state index contributed by atoms with van der Waals surface area (Å²) in [4.78, 5) is 50.1. The predicted octanol–water partition coefficient (Wildman–Crippen LogP) is 2.18. The van der Waals surface area contributed by atoms with Gasteiger partial charge in [-0.25, -0.2) is 13.2 Å². The average molecular weight is 527 g/mol. The number of amides is 3. The zero-order chi connectivity index (χ0) is 27.5. The maximum absolute atomic E-state index is 12.9. The summed E-state index contributed by atoms with van der Waals surface area (Å²) in [6.07, 6.45) is 2.60. The Balaban J connectivity index is 2.97. The van der Waals surface area contributed by atoms with Crippen molar-refractivity contribution < 1.29 is 27.5 Å². The zero-order valence-electron chi connectivity index (χ0n) is 21.8. The molecule has 11 nitrogen and oxygen atoms in total. The van der Waals surface area contributed by atoms with Crippen molar-refractivity contribution in [3.8, 4) is 0 Å². The second kappa shape index (κ2) is 13.8. The van der Waals surface area contributed by atoms with Gasteiger partial charge in [0, 0.05) is 29.9 Å². The van der Waals surface area contributed by atoms with Gasteiger partial charge in [0.15, 0.2) is 15.9 Å². The van der Waals surface area contributed by atoms with Gasteiger partial charge in [-0.3, -0.25) is 14.4 Å². The normalized spacial score (nSPS) is 12.9. The number of allylic oxidation sites excluding steroid dienone is 1. The maximum atomic E-state index is 12.9. The summed E-state index contributed by atoms with van der Waals surface area (Å²) in [5.74, 6) is -0.670. The van der Waals surface area contributed by atoms with Gasteiger partial charge in [0.25, 0.3) is 11.5 Å². The first-order valence-electron chi connectivity index (χ1n) is 11.7. The molecule has 0 bridgehead atoms. The molecule has 0 spiro atoms. The van der Waals surface area contributed by atoms with Gasteiger partial charge in [-0.05, 0) is 58.1 Å². The van der Waals surface area contributed by atoms with E-state index in [0.717, 1.165) is 22.7 Å². The molecule has 1 unspecified atom stereocenters. The highest BCUT2D eigenvalue weighted by Crippen LogP contribution is 2.10. The van der Waals surface area contributed by atoms with E-state index in [2.05, 4.69) is 16.0 Å². The van der Waals surface area contributed by atoms with Crippen LogP contribution in [0.15, 0.2) is 34.6 Å². The van der Waals surface area contributed by atoms with Gasteiger partial charge in [-0.2, -0.15) is 0 Å². The van der Waals surface area contributed by atoms with Crippen molar-refractivity contribution in [2.24, 2.45) is 5.92 Å². The number of rotatable bonds is 12. The van der Waals surface area contributed by atoms with Crippen LogP contribution in [-0.4, -0.2) is 55.3 Å². The summed E-state index contributed by atoms with van der Waals surface area (Å²) in [5.41, 5.74) is -1.30. The summed E-state index contributed by atoms with van der Waals surface area (Å²) in [7, 11) is -3.35. The summed E-state index contributed by atoms with van der Waals surface area (Å²) in [6.45, 7) is 9.57. The van der Waals surface area contributed by atoms with Gasteiger partial charge in [-0.1, -0.05) is 19.9 Å². The second-order valence-electron chi connectivity index (χ2n) is 9.92. The quantitative estimate of drug-likeness (QED) is 0.377. The van der Waals surface area contributed by atoms with Gasteiger partial charge in [0.05, 0.1) is 0 Å². The topological polar surface area (TPSA) is 153 Å². The number of pyridine rings is 1. The fourth-order valence-electron chi connectivity index (χ4n) is 2.88. The van der Waals surface area contributed by atoms with E-state index < -0.39 is 39.0 Å². The van der Waals surface area contributed by atoms with E-state index in [4.69, 9.17) is 4.74 Å². The molecule has 0 fully saturated rings. The number of nitrogens with one attached hydrogen (secondary N) is 3. The van der Waals surface area contributed by atoms with Crippen LogP contribution >= 0.6 is 0 Å². The third kappa shape index (κ3) is 13.1. The molecule has 1 aromatic rings. The number of alkyl carbamates (subject to hydrolysis) is 1. The molecule has 12 heteroatoms. The number of carbonyl (C=O) groups is 3. The van der Waals surface area contributed by atoms with Crippen molar-refractivity contribution in [3.05, 3.63) is 40.2 Å². The minimum absolute atomic E-state index is 0.0191. The Morgan fingerprint density at radius 2 is 1.83 bits per heavy atom. The lowest BCUT2D eigenvalue weighted by Gasteiger charge is -2.23. The number of ether oxygens (including phenoxy) is 1. The lowest BCUT2D eigenvalue weighted by molar-refractivity contribution is -0.124. The van der Waals surface area contributed by atoms with Crippen molar-refractivity contribution in [3.63, 3.8) is 0 Å². The molecule has 3 N–H and O–H groups in total. The number of carbonyl (C=O) groups excluding carboxylic acids is 3. The predicted molar refractivity (Wildman–Crippen MR) is 138 cm³/mol. The number of hydrogen-bond donors (Lipinski definition) is 3. The Hall–Kier alpha value is -3.15. The van der Waals surface area contributed by atoms with E-state index in [-0.39, 0.29) is 31.0 Å². The van der Waals surface area contributed by atoms with Gasteiger partial charge >= 0.3 is 6.09 Å². The van der Waals surface area contributed by atoms with Crippen LogP contribution in [0.1, 0.15) is 53.9 Å². The molecular weight excluding hydrogens is 488 g/mol. The molecule has 1 heterocycles. The Kier molecular flexibility index (Phi) is 11.8. The number of anilines is 1. The molecule has 0 aromatic carbocycles. The molecule has 3 amide bonds. The molecule has 1 atom stereocenters. The number of hydrogen-bond acceptors (Lipinski definition) is 7. The Morgan fingerprint density at radius 1 is 1.17 bits per heavy atom. The lowest BCUT2D eigenvalue weighted by Crippen LogP contribution is -2.44. The molecule has 1 aromatic heterocycles. The summed E-state index contributed by atoms with van der Waals surface area (Å²) >= 11 is 0. The molecule has 36 heavy (non-hydrogen) atoms. The minimum Gasteiger partial charge on any atom is -0.436 e. The molecule has 0 saturated heterocycles. The first-order chi connectivity index (χ1) is 16.6. The Morgan fingerprint density at radius 3 is 2.42 bits per heavy atom. The second-order valence-corrected chi connectivity index (χ2v) is 11.9. The van der Waals surface area contributed by atoms with E-state index in [1.165, 1.54) is 24.4 Å². The Labute approximate surface area is 212 Å². The van der Waals surface area contributed by atoms with Crippen LogP contribution in [0.2, 0.25) is 0 Å². The lowest BCUT2D eigenvalue weighted by atomic mass is 10.1. The number of nitrogens with zero attached hydrogens (tertiary/aromatic N) is 1. The molecular formula is C24H38N4O7S. The summed E-state index contributed by atoms with van der Waals surface area (Å²) < 4.78 is 29.0. The van der Waals surface area contributed by atoms with Crippen LogP contribution < -0.4 is 21.5 Å². The van der Waals surface area contributed by atoms with Crippen LogP contribution in [0.5, 0.6) is 0 Å². The first-order valence-corrected chi connectivity index (χ1v) is 13.7. The third-order valence-electron chi connectivity index (χ3n) is 4.59. The molecule has 0 saturated carbocycles.